The summed E-state index contributed by atoms with van der Waals surface area (Å²) in [6, 6.07) is 0.483. The predicted molar refractivity (Wildman–Crippen MR) is 66.9 cm³/mol. The molecular formula is C11H24N2O2S. The zero-order chi connectivity index (χ0) is 12.2. The molecule has 16 heavy (non-hydrogen) atoms. The maximum absolute atomic E-state index is 12.0. The van der Waals surface area contributed by atoms with E-state index in [4.69, 9.17) is 0 Å². The standard InChI is InChI=1S/C11H24N2O2S/c1-10(2)6-9-16(14,15)13-7-4-11(12-3)5-8-13/h10-12H,4-9H2,1-3H3. The molecule has 5 heteroatoms. The van der Waals surface area contributed by atoms with Crippen LogP contribution in [0.4, 0.5) is 0 Å². The first-order valence-electron chi connectivity index (χ1n) is 6.11. The number of nitrogens with one attached hydrogen (secondary N) is 1. The molecular weight excluding hydrogens is 224 g/mol. The molecule has 96 valence electrons. The van der Waals surface area contributed by atoms with Gasteiger partial charge in [-0.2, -0.15) is 0 Å². The fourth-order valence-corrected chi connectivity index (χ4v) is 3.73. The Morgan fingerprint density at radius 2 is 1.88 bits per heavy atom. The van der Waals surface area contributed by atoms with Crippen molar-refractivity contribution in [2.45, 2.75) is 39.2 Å². The summed E-state index contributed by atoms with van der Waals surface area (Å²) in [5.41, 5.74) is 0. The molecule has 1 aliphatic heterocycles. The highest BCUT2D eigenvalue weighted by molar-refractivity contribution is 7.89. The van der Waals surface area contributed by atoms with Gasteiger partial charge in [0.2, 0.25) is 10.0 Å². The summed E-state index contributed by atoms with van der Waals surface area (Å²) in [5, 5.41) is 3.20. The Kier molecular flexibility index (Phi) is 5.21. The maximum Gasteiger partial charge on any atom is 0.214 e. The Morgan fingerprint density at radius 1 is 1.31 bits per heavy atom. The predicted octanol–water partition coefficient (Wildman–Crippen LogP) is 1.05. The van der Waals surface area contributed by atoms with Gasteiger partial charge in [-0.25, -0.2) is 12.7 Å². The molecule has 1 rings (SSSR count). The fourth-order valence-electron chi connectivity index (χ4n) is 1.94. The van der Waals surface area contributed by atoms with Crippen LogP contribution in [-0.4, -0.2) is 44.7 Å². The van der Waals surface area contributed by atoms with E-state index in [9.17, 15) is 8.42 Å². The first-order valence-corrected chi connectivity index (χ1v) is 7.71. The molecule has 1 fully saturated rings. The van der Waals surface area contributed by atoms with Crippen molar-refractivity contribution in [3.63, 3.8) is 0 Å². The number of hydrogen-bond donors (Lipinski definition) is 1. The molecule has 0 aromatic carbocycles. The average molecular weight is 248 g/mol. The van der Waals surface area contributed by atoms with Gasteiger partial charge in [-0.3, -0.25) is 0 Å². The van der Waals surface area contributed by atoms with Gasteiger partial charge in [0.1, 0.15) is 0 Å². The summed E-state index contributed by atoms with van der Waals surface area (Å²) in [7, 11) is -1.07. The van der Waals surface area contributed by atoms with Crippen LogP contribution in [0.2, 0.25) is 0 Å². The summed E-state index contributed by atoms with van der Waals surface area (Å²) in [5.74, 6) is 0.749. The van der Waals surface area contributed by atoms with E-state index in [1.807, 2.05) is 7.05 Å². The Balaban J connectivity index is 2.45. The van der Waals surface area contributed by atoms with Crippen molar-refractivity contribution in [3.8, 4) is 0 Å². The molecule has 1 saturated heterocycles. The van der Waals surface area contributed by atoms with Crippen LogP contribution in [0.3, 0.4) is 0 Å². The number of rotatable bonds is 5. The number of hydrogen-bond acceptors (Lipinski definition) is 3. The van der Waals surface area contributed by atoms with Crippen molar-refractivity contribution < 1.29 is 8.42 Å². The third-order valence-electron chi connectivity index (χ3n) is 3.21. The molecule has 0 amide bonds. The van der Waals surface area contributed by atoms with E-state index in [2.05, 4.69) is 19.2 Å². The van der Waals surface area contributed by atoms with Crippen LogP contribution in [0.25, 0.3) is 0 Å². The Hall–Kier alpha value is -0.130. The van der Waals surface area contributed by atoms with E-state index in [1.54, 1.807) is 4.31 Å². The minimum absolute atomic E-state index is 0.300. The lowest BCUT2D eigenvalue weighted by molar-refractivity contribution is 0.298. The first-order chi connectivity index (χ1) is 7.45. The summed E-state index contributed by atoms with van der Waals surface area (Å²) < 4.78 is 25.6. The number of sulfonamides is 1. The summed E-state index contributed by atoms with van der Waals surface area (Å²) in [6.45, 7) is 5.46. The highest BCUT2D eigenvalue weighted by Gasteiger charge is 2.26. The van der Waals surface area contributed by atoms with Gasteiger partial charge in [-0.05, 0) is 32.2 Å². The average Bonchev–Trinajstić information content (AvgIpc) is 2.27. The van der Waals surface area contributed by atoms with Gasteiger partial charge < -0.3 is 5.32 Å². The summed E-state index contributed by atoms with van der Waals surface area (Å²) in [6.07, 6.45) is 2.61. The molecule has 4 nitrogen and oxygen atoms in total. The van der Waals surface area contributed by atoms with Crippen LogP contribution in [0.15, 0.2) is 0 Å². The normalized spacial score (nSPS) is 20.5. The molecule has 1 heterocycles. The smallest absolute Gasteiger partial charge is 0.214 e. The van der Waals surface area contributed by atoms with Crippen molar-refractivity contribution >= 4 is 10.0 Å². The van der Waals surface area contributed by atoms with Gasteiger partial charge in [0, 0.05) is 19.1 Å². The largest absolute Gasteiger partial charge is 0.317 e. The number of piperidine rings is 1. The van der Waals surface area contributed by atoms with Gasteiger partial charge in [0.25, 0.3) is 0 Å². The fraction of sp³-hybridized carbons (Fsp3) is 1.00. The Labute approximate surface area is 99.5 Å². The van der Waals surface area contributed by atoms with Crippen LogP contribution in [0.1, 0.15) is 33.1 Å². The van der Waals surface area contributed by atoms with Crippen molar-refractivity contribution in [2.75, 3.05) is 25.9 Å². The maximum atomic E-state index is 12.0. The third-order valence-corrected chi connectivity index (χ3v) is 5.11. The summed E-state index contributed by atoms with van der Waals surface area (Å²) in [4.78, 5) is 0. The molecule has 0 unspecified atom stereocenters. The minimum atomic E-state index is -3.00. The van der Waals surface area contributed by atoms with E-state index in [-0.39, 0.29) is 0 Å². The summed E-state index contributed by atoms with van der Waals surface area (Å²) >= 11 is 0. The second-order valence-corrected chi connectivity index (χ2v) is 7.05. The van der Waals surface area contributed by atoms with Gasteiger partial charge in [0.05, 0.1) is 5.75 Å². The molecule has 0 radical (unpaired) electrons. The van der Waals surface area contributed by atoms with Crippen LogP contribution < -0.4 is 5.32 Å². The van der Waals surface area contributed by atoms with Crippen LogP contribution in [0.5, 0.6) is 0 Å². The second-order valence-electron chi connectivity index (χ2n) is 4.96. The van der Waals surface area contributed by atoms with Crippen LogP contribution >= 0.6 is 0 Å². The molecule has 0 spiro atoms. The van der Waals surface area contributed by atoms with Gasteiger partial charge in [0.15, 0.2) is 0 Å². The minimum Gasteiger partial charge on any atom is -0.317 e. The van der Waals surface area contributed by atoms with Crippen molar-refractivity contribution in [2.24, 2.45) is 5.92 Å². The molecule has 1 aliphatic rings. The van der Waals surface area contributed by atoms with Crippen LogP contribution in [-0.2, 0) is 10.0 Å². The number of nitrogens with zero attached hydrogens (tertiary/aromatic N) is 1. The zero-order valence-corrected chi connectivity index (χ0v) is 11.4. The SMILES string of the molecule is CNC1CCN(S(=O)(=O)CCC(C)C)CC1. The van der Waals surface area contributed by atoms with Gasteiger partial charge >= 0.3 is 0 Å². The lowest BCUT2D eigenvalue weighted by atomic mass is 10.1. The lowest BCUT2D eigenvalue weighted by Gasteiger charge is -2.31. The van der Waals surface area contributed by atoms with E-state index in [0.717, 1.165) is 19.3 Å². The Bertz CT molecular complexity index is 293. The highest BCUT2D eigenvalue weighted by atomic mass is 32.2. The van der Waals surface area contributed by atoms with E-state index in [0.29, 0.717) is 30.8 Å². The molecule has 0 aromatic heterocycles. The second kappa shape index (κ2) is 5.98. The van der Waals surface area contributed by atoms with Crippen molar-refractivity contribution in [3.05, 3.63) is 0 Å². The molecule has 0 atom stereocenters. The monoisotopic (exact) mass is 248 g/mol. The van der Waals surface area contributed by atoms with E-state index in [1.165, 1.54) is 0 Å². The van der Waals surface area contributed by atoms with Crippen LogP contribution in [0, 0.1) is 5.92 Å². The topological polar surface area (TPSA) is 49.4 Å². The third kappa shape index (κ3) is 4.03. The van der Waals surface area contributed by atoms with Crippen molar-refractivity contribution in [1.29, 1.82) is 0 Å². The quantitative estimate of drug-likeness (QED) is 0.791. The van der Waals surface area contributed by atoms with E-state index < -0.39 is 10.0 Å². The first kappa shape index (κ1) is 13.9. The molecule has 0 aromatic rings. The lowest BCUT2D eigenvalue weighted by Crippen LogP contribution is -2.44. The van der Waals surface area contributed by atoms with Crippen molar-refractivity contribution in [1.82, 2.24) is 9.62 Å². The van der Waals surface area contributed by atoms with E-state index >= 15 is 0 Å². The highest BCUT2D eigenvalue weighted by Crippen LogP contribution is 2.15. The molecule has 0 aliphatic carbocycles. The molecule has 0 bridgehead atoms. The Morgan fingerprint density at radius 3 is 2.31 bits per heavy atom. The van der Waals surface area contributed by atoms with Gasteiger partial charge in [-0.1, -0.05) is 13.8 Å². The molecule has 1 N–H and O–H groups in total. The molecule has 0 saturated carbocycles. The zero-order valence-electron chi connectivity index (χ0n) is 10.6. The van der Waals surface area contributed by atoms with Gasteiger partial charge in [-0.15, -0.1) is 0 Å².